The zero-order valence-electron chi connectivity index (χ0n) is 74.3. The Hall–Kier alpha value is -1.68. The standard InChI is InChI=1S/C77H154N14O28/c1-78(2)22-29-85(15)36-43-64-50(92)57(99)71(106-43)114-65-44(37-86(16)30-23-79(3)4)108-73(59(101)52(65)94)116-67-46(39-88(18)32-25-81(7)8)110-75(61(103)54(67)96)118-69-48(41-90(20)34-27-83(11)12)112-77(63(105)56(69)98)119-70-49(42-91(21)35-28-84(13)14)111-76(62(104)55(70)97)117-68-47(40-89(19)33-26-82(9)10)109-74(60(102)53(68)95)115-66-45(38-87(17)31-24-80(5)6)107-72(113-64)58(100)51(66)93/h43-77,92-105H,22-42H2,1-21H3/t43-,44-,45-,46-,47-,48-,49-,50-,51-,52-,53-,54-,55-,56-,57-,58-,59-,60-,61-,62-,63-,64-,65-,66-,67-,68-,69-,70-,71-,72-,73-,74-,75-,76-,77-/m1/s1. The Kier molecular flexibility index (Phi) is 41.1. The summed E-state index contributed by atoms with van der Waals surface area (Å²) in [4.78, 5) is 26.8. The topological polar surface area (TPSA) is 458 Å². The van der Waals surface area contributed by atoms with Gasteiger partial charge in [-0.2, -0.15) is 0 Å². The molecule has 0 aromatic rings. The minimum absolute atomic E-state index is 0.0396. The Bertz CT molecular complexity index is 2360. The lowest BCUT2D eigenvalue weighted by molar-refractivity contribution is -0.394. The van der Waals surface area contributed by atoms with Crippen LogP contribution in [0.1, 0.15) is 0 Å². The monoisotopic (exact) mass is 1720 g/mol. The predicted octanol–water partition coefficient (Wildman–Crippen LogP) is -11.7. The lowest BCUT2D eigenvalue weighted by Crippen LogP contribution is -2.69. The van der Waals surface area contributed by atoms with E-state index in [1.54, 1.807) is 49.3 Å². The molecule has 0 aliphatic carbocycles. The summed E-state index contributed by atoms with van der Waals surface area (Å²) in [6.45, 7) is 6.61. The first-order chi connectivity index (χ1) is 55.9. The van der Waals surface area contributed by atoms with Gasteiger partial charge in [-0.15, -0.1) is 0 Å². The molecule has 14 bridgehead atoms. The molecule has 21 rings (SSSR count). The summed E-state index contributed by atoms with van der Waals surface area (Å²) < 4.78 is 93.5. The SMILES string of the molecule is CN(C)CCN(C)C[C@H]1O[C@@H]2O[C@H]3[C@H](O)[C@@H](O)[C@@H](O[C@H]4[C@H](O)[C@@H](O)[C@@H](O[C@H]5[C@H](O)[C@@H](O)[C@@H](O[C@H]6[C@H](O)[C@@H](O)[C@@H](O[C@H]7[C@H](O)[C@@H](O)[C@@H](O[C@H]8[C@H](O)[C@@H](O)[C@@H](O[C@H]1[C@H](O)[C@H]2O)O[C@@H]8CN(C)CCN(C)C)O[C@@H]7CN(C)CCN(C)C)O[C@@H]6CN(C)CCN(C)C)O[C@@H]5CN(C)CCN(C)C)O[C@@H]4CN(C)CCN(C)C)O[C@@H]3CN(C)CCN(C)C. The van der Waals surface area contributed by atoms with E-state index >= 15 is 0 Å². The maximum atomic E-state index is 12.7. The van der Waals surface area contributed by atoms with E-state index in [-0.39, 0.29) is 45.8 Å². The third-order valence-corrected chi connectivity index (χ3v) is 23.5. The van der Waals surface area contributed by atoms with Crippen molar-refractivity contribution in [1.82, 2.24) is 68.6 Å². The van der Waals surface area contributed by atoms with Crippen LogP contribution in [0.3, 0.4) is 0 Å². The van der Waals surface area contributed by atoms with Gasteiger partial charge in [-0.3, -0.25) is 0 Å². The Morgan fingerprint density at radius 2 is 0.244 bits per heavy atom. The van der Waals surface area contributed by atoms with Crippen molar-refractivity contribution in [3.63, 3.8) is 0 Å². The summed E-state index contributed by atoms with van der Waals surface area (Å²) >= 11 is 0. The van der Waals surface area contributed by atoms with E-state index in [9.17, 15) is 71.5 Å². The van der Waals surface area contributed by atoms with Crippen LogP contribution in [0.5, 0.6) is 0 Å². The number of ether oxygens (including phenoxy) is 14. The highest BCUT2D eigenvalue weighted by atomic mass is 16.8. The molecule has 21 aliphatic rings. The van der Waals surface area contributed by atoms with Gasteiger partial charge in [-0.1, -0.05) is 0 Å². The molecule has 35 atom stereocenters. The maximum Gasteiger partial charge on any atom is 0.187 e. The largest absolute Gasteiger partial charge is 0.387 e. The van der Waals surface area contributed by atoms with Gasteiger partial charge in [0.1, 0.15) is 171 Å². The molecule has 21 fully saturated rings. The Morgan fingerprint density at radius 1 is 0.143 bits per heavy atom. The van der Waals surface area contributed by atoms with Crippen molar-refractivity contribution in [1.29, 1.82) is 0 Å². The summed E-state index contributed by atoms with van der Waals surface area (Å²) in [6.07, 6.45) is -60.7. The minimum atomic E-state index is -2.03. The predicted molar refractivity (Wildman–Crippen MR) is 431 cm³/mol. The molecule has 21 aliphatic heterocycles. The molecule has 119 heavy (non-hydrogen) atoms. The van der Waals surface area contributed by atoms with E-state index in [0.717, 1.165) is 0 Å². The minimum Gasteiger partial charge on any atom is -0.387 e. The molecular formula is C77H154N14O28. The van der Waals surface area contributed by atoms with Crippen LogP contribution < -0.4 is 0 Å². The van der Waals surface area contributed by atoms with Crippen molar-refractivity contribution in [3.8, 4) is 0 Å². The molecule has 21 heterocycles. The molecule has 0 radical (unpaired) electrons. The van der Waals surface area contributed by atoms with Crippen LogP contribution in [0.25, 0.3) is 0 Å². The first-order valence-corrected chi connectivity index (χ1v) is 41.9. The highest BCUT2D eigenvalue weighted by Gasteiger charge is 2.60. The maximum absolute atomic E-state index is 12.7. The van der Waals surface area contributed by atoms with Crippen molar-refractivity contribution in [3.05, 3.63) is 0 Å². The van der Waals surface area contributed by atoms with Gasteiger partial charge in [-0.25, -0.2) is 0 Å². The van der Waals surface area contributed by atoms with Crippen LogP contribution in [0, 0.1) is 0 Å². The Balaban J connectivity index is 1.26. The van der Waals surface area contributed by atoms with Gasteiger partial charge < -0.3 is 206 Å². The fraction of sp³-hybridized carbons (Fsp3) is 1.00. The van der Waals surface area contributed by atoms with Crippen molar-refractivity contribution >= 4 is 0 Å². The van der Waals surface area contributed by atoms with Crippen LogP contribution in [0.15, 0.2) is 0 Å². The fourth-order valence-corrected chi connectivity index (χ4v) is 15.8. The third kappa shape index (κ3) is 28.9. The molecule has 0 unspecified atom stereocenters. The Labute approximate surface area is 704 Å². The van der Waals surface area contributed by atoms with Crippen LogP contribution in [0.2, 0.25) is 0 Å². The summed E-state index contributed by atoms with van der Waals surface area (Å²) in [5.74, 6) is 0. The summed E-state index contributed by atoms with van der Waals surface area (Å²) in [5.41, 5.74) is 0. The van der Waals surface area contributed by atoms with Crippen molar-refractivity contribution in [2.24, 2.45) is 0 Å². The van der Waals surface area contributed by atoms with Crippen LogP contribution >= 0.6 is 0 Å². The van der Waals surface area contributed by atoms with E-state index in [0.29, 0.717) is 91.6 Å². The number of hydrogen-bond donors (Lipinski definition) is 14. The van der Waals surface area contributed by atoms with Crippen molar-refractivity contribution in [2.75, 3.05) is 285 Å². The van der Waals surface area contributed by atoms with Gasteiger partial charge in [0.2, 0.25) is 0 Å². The average molecular weight is 1720 g/mol. The van der Waals surface area contributed by atoms with E-state index in [1.807, 2.05) is 167 Å². The second kappa shape index (κ2) is 47.6. The van der Waals surface area contributed by atoms with Crippen LogP contribution in [-0.4, -0.2) is 640 Å². The van der Waals surface area contributed by atoms with Crippen molar-refractivity contribution in [2.45, 2.75) is 215 Å². The van der Waals surface area contributed by atoms with Gasteiger partial charge in [-0.05, 0) is 148 Å². The molecule has 0 aromatic carbocycles. The summed E-state index contributed by atoms with van der Waals surface area (Å²) in [5, 5.41) is 176. The number of hydrogen-bond acceptors (Lipinski definition) is 42. The van der Waals surface area contributed by atoms with Crippen molar-refractivity contribution < 1.29 is 138 Å². The fourth-order valence-electron chi connectivity index (χ4n) is 15.8. The number of likely N-dealkylation sites (N-methyl/N-ethyl adjacent to an activating group) is 14. The van der Waals surface area contributed by atoms with Gasteiger partial charge in [0, 0.05) is 137 Å². The lowest BCUT2D eigenvalue weighted by Gasteiger charge is -2.51. The number of aliphatic hydroxyl groups excluding tert-OH is 14. The number of rotatable bonds is 35. The molecule has 0 saturated carbocycles. The second-order valence-electron chi connectivity index (χ2n) is 36.3. The molecule has 700 valence electrons. The number of aliphatic hydroxyl groups is 14. The highest BCUT2D eigenvalue weighted by molar-refractivity contribution is 5.04. The highest BCUT2D eigenvalue weighted by Crippen LogP contribution is 2.40. The van der Waals surface area contributed by atoms with Crippen LogP contribution in [0.4, 0.5) is 0 Å². The first-order valence-electron chi connectivity index (χ1n) is 41.9. The summed E-state index contributed by atoms with van der Waals surface area (Å²) in [7, 11) is 39.0. The molecule has 42 nitrogen and oxygen atoms in total. The zero-order chi connectivity index (χ0) is 88.0. The zero-order valence-corrected chi connectivity index (χ0v) is 74.3. The molecule has 14 N–H and O–H groups in total. The molecule has 0 spiro atoms. The smallest absolute Gasteiger partial charge is 0.187 e. The average Bonchev–Trinajstić information content (AvgIpc) is 0.831. The van der Waals surface area contributed by atoms with Gasteiger partial charge in [0.25, 0.3) is 0 Å². The quantitative estimate of drug-likeness (QED) is 0.0280. The van der Waals surface area contributed by atoms with Gasteiger partial charge in [0.15, 0.2) is 44.0 Å². The van der Waals surface area contributed by atoms with E-state index in [2.05, 4.69) is 0 Å². The van der Waals surface area contributed by atoms with Gasteiger partial charge in [0.05, 0.1) is 0 Å². The first kappa shape index (κ1) is 103. The van der Waals surface area contributed by atoms with Gasteiger partial charge >= 0.3 is 0 Å². The second-order valence-corrected chi connectivity index (χ2v) is 36.3. The molecule has 0 amide bonds. The summed E-state index contributed by atoms with van der Waals surface area (Å²) in [6, 6.07) is 0. The van der Waals surface area contributed by atoms with E-state index in [1.165, 1.54) is 0 Å². The molecule has 42 heteroatoms. The van der Waals surface area contributed by atoms with E-state index < -0.39 is 215 Å². The molecule has 21 saturated heterocycles. The normalized spacial score (nSPS) is 40.8. The molecular weight excluding hydrogens is 1570 g/mol. The van der Waals surface area contributed by atoms with Crippen LogP contribution in [-0.2, 0) is 66.3 Å². The number of nitrogens with zero attached hydrogens (tertiary/aromatic N) is 14. The Morgan fingerprint density at radius 3 is 0.336 bits per heavy atom. The van der Waals surface area contributed by atoms with E-state index in [4.69, 9.17) is 66.3 Å². The molecule has 0 aromatic heterocycles. The third-order valence-electron chi connectivity index (χ3n) is 23.5. The lowest BCUT2D eigenvalue weighted by atomic mass is 9.94.